The molecule has 0 saturated carbocycles. The van der Waals surface area contributed by atoms with Crippen molar-refractivity contribution in [2.45, 2.75) is 13.0 Å². The second-order valence-corrected chi connectivity index (χ2v) is 6.15. The molecule has 130 valence electrons. The summed E-state index contributed by atoms with van der Waals surface area (Å²) < 4.78 is 12.0. The number of fused-ring (bicyclic) bond motifs is 1. The van der Waals surface area contributed by atoms with Crippen LogP contribution < -0.4 is 5.76 Å². The van der Waals surface area contributed by atoms with Crippen LogP contribution in [0.1, 0.15) is 27.9 Å². The van der Waals surface area contributed by atoms with Crippen LogP contribution in [0.3, 0.4) is 0 Å². The molecule has 0 bridgehead atoms. The average Bonchev–Trinajstić information content (AvgIpc) is 3.18. The van der Waals surface area contributed by atoms with Crippen LogP contribution in [-0.2, 0) is 11.8 Å². The number of amides is 1. The largest absolute Gasteiger partial charge is 0.419 e. The Hall–Kier alpha value is -2.87. The third-order valence-corrected chi connectivity index (χ3v) is 4.47. The van der Waals surface area contributed by atoms with Crippen LogP contribution in [0, 0.1) is 6.92 Å². The Morgan fingerprint density at radius 3 is 3.00 bits per heavy atom. The van der Waals surface area contributed by atoms with Gasteiger partial charge >= 0.3 is 5.76 Å². The number of hydrogen-bond donors (Lipinski definition) is 1. The number of imidazole rings is 1. The Bertz CT molecular complexity index is 1000. The molecule has 0 spiro atoms. The molecular formula is C17H18N4O4. The molecule has 1 saturated heterocycles. The lowest BCUT2D eigenvalue weighted by Gasteiger charge is -2.34. The second-order valence-electron chi connectivity index (χ2n) is 6.15. The monoisotopic (exact) mass is 342 g/mol. The number of hydrogen-bond acceptors (Lipinski definition) is 5. The molecule has 1 aromatic carbocycles. The van der Waals surface area contributed by atoms with Gasteiger partial charge in [-0.1, -0.05) is 0 Å². The van der Waals surface area contributed by atoms with Gasteiger partial charge in [0.05, 0.1) is 18.7 Å². The van der Waals surface area contributed by atoms with Crippen LogP contribution in [-0.4, -0.2) is 45.1 Å². The van der Waals surface area contributed by atoms with Crippen LogP contribution in [0.25, 0.3) is 11.1 Å². The van der Waals surface area contributed by atoms with E-state index in [-0.39, 0.29) is 11.9 Å². The minimum atomic E-state index is -0.449. The lowest BCUT2D eigenvalue weighted by Crippen LogP contribution is -2.43. The lowest BCUT2D eigenvalue weighted by molar-refractivity contribution is -0.00500. The molecular weight excluding hydrogens is 324 g/mol. The van der Waals surface area contributed by atoms with Gasteiger partial charge in [0.15, 0.2) is 5.58 Å². The molecule has 4 rings (SSSR count). The van der Waals surface area contributed by atoms with Gasteiger partial charge in [0.25, 0.3) is 5.91 Å². The van der Waals surface area contributed by atoms with Gasteiger partial charge in [-0.05, 0) is 25.1 Å². The normalized spacial score (nSPS) is 18.0. The molecule has 1 fully saturated rings. The van der Waals surface area contributed by atoms with Gasteiger partial charge in [0, 0.05) is 31.0 Å². The molecule has 1 atom stereocenters. The number of aryl methyl sites for hydroxylation is 2. The van der Waals surface area contributed by atoms with Crippen molar-refractivity contribution in [1.82, 2.24) is 19.4 Å². The van der Waals surface area contributed by atoms with Gasteiger partial charge in [-0.15, -0.1) is 0 Å². The Morgan fingerprint density at radius 2 is 2.24 bits per heavy atom. The van der Waals surface area contributed by atoms with Gasteiger partial charge in [-0.2, -0.15) is 0 Å². The van der Waals surface area contributed by atoms with Crippen molar-refractivity contribution in [3.63, 3.8) is 0 Å². The first kappa shape index (κ1) is 15.6. The first-order valence-electron chi connectivity index (χ1n) is 8.04. The summed E-state index contributed by atoms with van der Waals surface area (Å²) in [5.41, 5.74) is 2.49. The van der Waals surface area contributed by atoms with Gasteiger partial charge in [-0.25, -0.2) is 9.78 Å². The molecule has 0 radical (unpaired) electrons. The quantitative estimate of drug-likeness (QED) is 0.759. The highest BCUT2D eigenvalue weighted by Gasteiger charge is 2.31. The Kier molecular flexibility index (Phi) is 3.69. The maximum Gasteiger partial charge on any atom is 0.419 e. The van der Waals surface area contributed by atoms with E-state index in [1.165, 1.54) is 4.57 Å². The molecule has 25 heavy (non-hydrogen) atoms. The van der Waals surface area contributed by atoms with Crippen LogP contribution in [0.2, 0.25) is 0 Å². The van der Waals surface area contributed by atoms with E-state index >= 15 is 0 Å². The zero-order chi connectivity index (χ0) is 17.6. The third kappa shape index (κ3) is 2.64. The van der Waals surface area contributed by atoms with E-state index in [0.29, 0.717) is 42.2 Å². The molecule has 1 aliphatic heterocycles. The van der Waals surface area contributed by atoms with Crippen LogP contribution in [0.15, 0.2) is 33.6 Å². The van der Waals surface area contributed by atoms with Gasteiger partial charge < -0.3 is 19.0 Å². The number of aromatic amines is 1. The number of nitrogens with one attached hydrogen (secondary N) is 1. The highest BCUT2D eigenvalue weighted by Crippen LogP contribution is 2.25. The molecule has 1 amide bonds. The zero-order valence-corrected chi connectivity index (χ0v) is 14.0. The van der Waals surface area contributed by atoms with Gasteiger partial charge in [0.1, 0.15) is 11.9 Å². The van der Waals surface area contributed by atoms with E-state index in [1.54, 1.807) is 36.3 Å². The number of ether oxygens (including phenoxy) is 1. The van der Waals surface area contributed by atoms with Crippen molar-refractivity contribution in [3.05, 3.63) is 52.0 Å². The standard InChI is InChI=1S/C17H18N4O4/c1-10-8-18-15(19-10)13-9-24-6-5-21(13)16(22)11-3-4-14-12(7-11)20(2)17(23)25-14/h3-4,7-8,13H,5-6,9H2,1-2H3,(H,18,19)/t13-/m0/s1. The molecule has 8 nitrogen and oxygen atoms in total. The van der Waals surface area contributed by atoms with E-state index in [1.807, 2.05) is 6.92 Å². The van der Waals surface area contributed by atoms with Crippen LogP contribution >= 0.6 is 0 Å². The molecule has 3 heterocycles. The van der Waals surface area contributed by atoms with E-state index in [0.717, 1.165) is 5.69 Å². The van der Waals surface area contributed by atoms with Crippen molar-refractivity contribution in [3.8, 4) is 0 Å². The van der Waals surface area contributed by atoms with E-state index < -0.39 is 5.76 Å². The summed E-state index contributed by atoms with van der Waals surface area (Å²) >= 11 is 0. The minimum Gasteiger partial charge on any atom is -0.408 e. The fourth-order valence-electron chi connectivity index (χ4n) is 3.10. The molecule has 1 N–H and O–H groups in total. The molecule has 2 aromatic heterocycles. The summed E-state index contributed by atoms with van der Waals surface area (Å²) in [7, 11) is 1.62. The SMILES string of the molecule is Cc1cnc([C@@H]2COCCN2C(=O)c2ccc3oc(=O)n(C)c3c2)[nH]1. The van der Waals surface area contributed by atoms with Crippen molar-refractivity contribution in [2.75, 3.05) is 19.8 Å². The Labute approximate surface area is 143 Å². The van der Waals surface area contributed by atoms with Crippen LogP contribution in [0.4, 0.5) is 0 Å². The number of carbonyl (C=O) groups is 1. The van der Waals surface area contributed by atoms with E-state index in [4.69, 9.17) is 9.15 Å². The minimum absolute atomic E-state index is 0.127. The fraction of sp³-hybridized carbons (Fsp3) is 0.353. The van der Waals surface area contributed by atoms with E-state index in [9.17, 15) is 9.59 Å². The number of morpholine rings is 1. The third-order valence-electron chi connectivity index (χ3n) is 4.47. The fourth-order valence-corrected chi connectivity index (χ4v) is 3.10. The topological polar surface area (TPSA) is 93.4 Å². The predicted molar refractivity (Wildman–Crippen MR) is 89.4 cm³/mol. The molecule has 1 aliphatic rings. The predicted octanol–water partition coefficient (Wildman–Crippen LogP) is 1.38. The summed E-state index contributed by atoms with van der Waals surface area (Å²) in [5, 5.41) is 0. The molecule has 3 aromatic rings. The highest BCUT2D eigenvalue weighted by atomic mass is 16.5. The number of oxazole rings is 1. The molecule has 0 aliphatic carbocycles. The van der Waals surface area contributed by atoms with Gasteiger partial charge in [0.2, 0.25) is 0 Å². The van der Waals surface area contributed by atoms with Crippen molar-refractivity contribution in [2.24, 2.45) is 7.05 Å². The zero-order valence-electron chi connectivity index (χ0n) is 14.0. The Morgan fingerprint density at radius 1 is 1.40 bits per heavy atom. The van der Waals surface area contributed by atoms with Gasteiger partial charge in [-0.3, -0.25) is 9.36 Å². The number of H-pyrrole nitrogens is 1. The first-order chi connectivity index (χ1) is 12.0. The average molecular weight is 342 g/mol. The highest BCUT2D eigenvalue weighted by molar-refractivity contribution is 5.97. The number of nitrogens with zero attached hydrogens (tertiary/aromatic N) is 3. The maximum atomic E-state index is 13.1. The Balaban J connectivity index is 1.70. The second kappa shape index (κ2) is 5.89. The first-order valence-corrected chi connectivity index (χ1v) is 8.04. The number of benzene rings is 1. The number of aromatic nitrogens is 3. The summed E-state index contributed by atoms with van der Waals surface area (Å²) in [4.78, 5) is 34.0. The molecule has 8 heteroatoms. The lowest BCUT2D eigenvalue weighted by atomic mass is 10.1. The van der Waals surface area contributed by atoms with Crippen LogP contribution in [0.5, 0.6) is 0 Å². The molecule has 0 unspecified atom stereocenters. The summed E-state index contributed by atoms with van der Waals surface area (Å²) in [6.07, 6.45) is 1.74. The number of rotatable bonds is 2. The van der Waals surface area contributed by atoms with Crippen molar-refractivity contribution in [1.29, 1.82) is 0 Å². The van der Waals surface area contributed by atoms with Crippen molar-refractivity contribution < 1.29 is 13.9 Å². The summed E-state index contributed by atoms with van der Waals surface area (Å²) in [6.45, 7) is 3.27. The van der Waals surface area contributed by atoms with E-state index in [2.05, 4.69) is 9.97 Å². The number of carbonyl (C=O) groups excluding carboxylic acids is 1. The smallest absolute Gasteiger partial charge is 0.408 e. The maximum absolute atomic E-state index is 13.1. The summed E-state index contributed by atoms with van der Waals surface area (Å²) in [5.74, 6) is 0.134. The summed E-state index contributed by atoms with van der Waals surface area (Å²) in [6, 6.07) is 4.74. The van der Waals surface area contributed by atoms with Crippen molar-refractivity contribution >= 4 is 17.0 Å².